The molecule has 0 radical (unpaired) electrons. The number of aromatic nitrogens is 2. The van der Waals surface area contributed by atoms with E-state index in [4.69, 9.17) is 16.7 Å². The molecule has 104 valence electrons. The van der Waals surface area contributed by atoms with Crippen LogP contribution in [0.15, 0.2) is 11.4 Å². The van der Waals surface area contributed by atoms with Gasteiger partial charge in [0.05, 0.1) is 17.1 Å². The molecule has 0 aliphatic rings. The molecule has 1 unspecified atom stereocenters. The summed E-state index contributed by atoms with van der Waals surface area (Å²) in [5.41, 5.74) is 0.0567. The van der Waals surface area contributed by atoms with Gasteiger partial charge in [-0.15, -0.1) is 0 Å². The number of nitrogens with zero attached hydrogens (tertiary/aromatic N) is 2. The van der Waals surface area contributed by atoms with Crippen molar-refractivity contribution in [2.45, 2.75) is 18.5 Å². The average molecular weight is 304 g/mol. The number of hydrogen-bond acceptors (Lipinski definition) is 5. The monoisotopic (exact) mass is 303 g/mol. The van der Waals surface area contributed by atoms with Crippen molar-refractivity contribution in [3.05, 3.63) is 16.9 Å². The first-order valence-corrected chi connectivity index (χ1v) is 7.17. The lowest BCUT2D eigenvalue weighted by Crippen LogP contribution is -2.33. The number of aliphatic carboxylic acids is 1. The summed E-state index contributed by atoms with van der Waals surface area (Å²) >= 11 is 7.14. The van der Waals surface area contributed by atoms with Crippen molar-refractivity contribution in [2.75, 3.05) is 12.8 Å². The number of nitrogens with one attached hydrogen (secondary N) is 1. The number of halogens is 1. The lowest BCUT2D eigenvalue weighted by molar-refractivity contribution is -0.141. The lowest BCUT2D eigenvalue weighted by atomic mass is 10.1. The standard InChI is InChI=1S/C11H14ClN3O3S/c1-3-6(10(17)18)4-13-9(16)8-7(12)5-14-11(15-8)19-2/h5-6H,3-4H2,1-2H3,(H,13,16)(H,17,18). The molecule has 1 aromatic rings. The van der Waals surface area contributed by atoms with E-state index in [0.717, 1.165) is 0 Å². The number of hydrogen-bond donors (Lipinski definition) is 2. The number of thioether (sulfide) groups is 1. The maximum absolute atomic E-state index is 11.9. The van der Waals surface area contributed by atoms with Crippen molar-refractivity contribution < 1.29 is 14.7 Å². The van der Waals surface area contributed by atoms with Crippen LogP contribution >= 0.6 is 23.4 Å². The van der Waals surface area contributed by atoms with Gasteiger partial charge >= 0.3 is 5.97 Å². The zero-order valence-electron chi connectivity index (χ0n) is 10.5. The molecule has 1 rings (SSSR count). The van der Waals surface area contributed by atoms with Gasteiger partial charge in [-0.3, -0.25) is 9.59 Å². The molecular weight excluding hydrogens is 290 g/mol. The third-order valence-electron chi connectivity index (χ3n) is 2.47. The second-order valence-corrected chi connectivity index (χ2v) is 4.89. The van der Waals surface area contributed by atoms with Crippen LogP contribution in [0.25, 0.3) is 0 Å². The van der Waals surface area contributed by atoms with Gasteiger partial charge in [-0.25, -0.2) is 9.97 Å². The molecule has 1 heterocycles. The van der Waals surface area contributed by atoms with Gasteiger partial charge in [0.2, 0.25) is 0 Å². The van der Waals surface area contributed by atoms with Crippen molar-refractivity contribution in [3.63, 3.8) is 0 Å². The van der Waals surface area contributed by atoms with Crippen LogP contribution in [0.2, 0.25) is 5.02 Å². The Hall–Kier alpha value is -1.34. The molecule has 2 N–H and O–H groups in total. The molecular formula is C11H14ClN3O3S. The van der Waals surface area contributed by atoms with Gasteiger partial charge in [-0.05, 0) is 12.7 Å². The fourth-order valence-corrected chi connectivity index (χ4v) is 1.83. The summed E-state index contributed by atoms with van der Waals surface area (Å²) in [4.78, 5) is 30.7. The summed E-state index contributed by atoms with van der Waals surface area (Å²) in [5.74, 6) is -2.06. The third kappa shape index (κ3) is 4.36. The van der Waals surface area contributed by atoms with Gasteiger partial charge in [-0.2, -0.15) is 0 Å². The minimum Gasteiger partial charge on any atom is -0.481 e. The first-order valence-electron chi connectivity index (χ1n) is 5.57. The predicted octanol–water partition coefficient (Wildman–Crippen LogP) is 1.69. The molecule has 0 fully saturated rings. The van der Waals surface area contributed by atoms with E-state index in [1.54, 1.807) is 13.2 Å². The largest absolute Gasteiger partial charge is 0.481 e. The molecule has 0 spiro atoms. The second kappa shape index (κ2) is 7.30. The van der Waals surface area contributed by atoms with E-state index in [9.17, 15) is 9.59 Å². The normalized spacial score (nSPS) is 11.9. The highest BCUT2D eigenvalue weighted by atomic mass is 35.5. The van der Waals surface area contributed by atoms with E-state index in [1.807, 2.05) is 0 Å². The fraction of sp³-hybridized carbons (Fsp3) is 0.455. The summed E-state index contributed by atoms with van der Waals surface area (Å²) in [6.07, 6.45) is 3.56. The lowest BCUT2D eigenvalue weighted by Gasteiger charge is -2.11. The van der Waals surface area contributed by atoms with Crippen LogP contribution in [-0.4, -0.2) is 39.8 Å². The SMILES string of the molecule is CCC(CNC(=O)c1nc(SC)ncc1Cl)C(=O)O. The van der Waals surface area contributed by atoms with Gasteiger partial charge in [0.25, 0.3) is 5.91 Å². The minimum atomic E-state index is -0.943. The highest BCUT2D eigenvalue weighted by Gasteiger charge is 2.19. The zero-order chi connectivity index (χ0) is 14.4. The average Bonchev–Trinajstić information content (AvgIpc) is 2.39. The second-order valence-electron chi connectivity index (χ2n) is 3.71. The van der Waals surface area contributed by atoms with Gasteiger partial charge in [-0.1, -0.05) is 30.3 Å². The quantitative estimate of drug-likeness (QED) is 0.614. The maximum atomic E-state index is 11.9. The van der Waals surface area contributed by atoms with Gasteiger partial charge < -0.3 is 10.4 Å². The Balaban J connectivity index is 2.75. The van der Waals surface area contributed by atoms with Crippen LogP contribution < -0.4 is 5.32 Å². The van der Waals surface area contributed by atoms with E-state index < -0.39 is 17.8 Å². The van der Waals surface area contributed by atoms with Gasteiger partial charge in [0, 0.05) is 6.54 Å². The molecule has 0 saturated heterocycles. The van der Waals surface area contributed by atoms with Crippen LogP contribution in [-0.2, 0) is 4.79 Å². The fourth-order valence-electron chi connectivity index (χ4n) is 1.31. The Labute approximate surface area is 120 Å². The maximum Gasteiger partial charge on any atom is 0.308 e. The number of rotatable bonds is 6. The van der Waals surface area contributed by atoms with Crippen LogP contribution in [0.5, 0.6) is 0 Å². The highest BCUT2D eigenvalue weighted by Crippen LogP contribution is 2.16. The topological polar surface area (TPSA) is 92.2 Å². The molecule has 0 aliphatic heterocycles. The minimum absolute atomic E-state index is 0.0413. The van der Waals surface area contributed by atoms with Crippen molar-refractivity contribution >= 4 is 35.2 Å². The third-order valence-corrected chi connectivity index (χ3v) is 3.31. The van der Waals surface area contributed by atoms with Crippen LogP contribution in [0, 0.1) is 5.92 Å². The Morgan fingerprint density at radius 1 is 1.58 bits per heavy atom. The van der Waals surface area contributed by atoms with E-state index in [-0.39, 0.29) is 17.3 Å². The van der Waals surface area contributed by atoms with Crippen LogP contribution in [0.1, 0.15) is 23.8 Å². The van der Waals surface area contributed by atoms with Gasteiger partial charge in [0.15, 0.2) is 10.9 Å². The molecule has 1 atom stereocenters. The van der Waals surface area contributed by atoms with Crippen LogP contribution in [0.4, 0.5) is 0 Å². The number of carboxylic acid groups (broad SMARTS) is 1. The summed E-state index contributed by atoms with van der Waals surface area (Å²) < 4.78 is 0. The highest BCUT2D eigenvalue weighted by molar-refractivity contribution is 7.98. The summed E-state index contributed by atoms with van der Waals surface area (Å²) in [5, 5.41) is 12.0. The molecule has 0 bridgehead atoms. The number of carbonyl (C=O) groups excluding carboxylic acids is 1. The molecule has 1 amide bonds. The van der Waals surface area contributed by atoms with Crippen molar-refractivity contribution in [1.29, 1.82) is 0 Å². The molecule has 6 nitrogen and oxygen atoms in total. The molecule has 1 aromatic heterocycles. The first-order chi connectivity index (χ1) is 8.99. The van der Waals surface area contributed by atoms with Crippen molar-refractivity contribution in [2.24, 2.45) is 5.92 Å². The molecule has 0 aromatic carbocycles. The van der Waals surface area contributed by atoms with E-state index >= 15 is 0 Å². The first kappa shape index (κ1) is 15.7. The van der Waals surface area contributed by atoms with Gasteiger partial charge in [0.1, 0.15) is 0 Å². The molecule has 19 heavy (non-hydrogen) atoms. The Morgan fingerprint density at radius 3 is 2.79 bits per heavy atom. The molecule has 8 heteroatoms. The number of amides is 1. The number of carboxylic acids is 1. The number of carbonyl (C=O) groups is 2. The zero-order valence-corrected chi connectivity index (χ0v) is 12.1. The Morgan fingerprint density at radius 2 is 2.26 bits per heavy atom. The Bertz CT molecular complexity index is 484. The van der Waals surface area contributed by atoms with Crippen LogP contribution in [0.3, 0.4) is 0 Å². The Kier molecular flexibility index (Phi) is 6.04. The van der Waals surface area contributed by atoms with Crippen molar-refractivity contribution in [1.82, 2.24) is 15.3 Å². The van der Waals surface area contributed by atoms with Crippen molar-refractivity contribution in [3.8, 4) is 0 Å². The van der Waals surface area contributed by atoms with E-state index in [2.05, 4.69) is 15.3 Å². The van der Waals surface area contributed by atoms with E-state index in [0.29, 0.717) is 11.6 Å². The molecule has 0 aliphatic carbocycles. The summed E-state index contributed by atoms with van der Waals surface area (Å²) in [7, 11) is 0. The predicted molar refractivity (Wildman–Crippen MR) is 72.6 cm³/mol. The molecule has 0 saturated carbocycles. The summed E-state index contributed by atoms with van der Waals surface area (Å²) in [6.45, 7) is 1.79. The smallest absolute Gasteiger partial charge is 0.308 e. The van der Waals surface area contributed by atoms with E-state index in [1.165, 1.54) is 18.0 Å². The summed E-state index contributed by atoms with van der Waals surface area (Å²) in [6, 6.07) is 0.